The van der Waals surface area contributed by atoms with Crippen molar-refractivity contribution in [2.45, 2.75) is 43.1 Å². The Morgan fingerprint density at radius 2 is 2.12 bits per heavy atom. The molecule has 1 aromatic rings. The Kier molecular flexibility index (Phi) is 5.76. The van der Waals surface area contributed by atoms with E-state index in [0.29, 0.717) is 12.1 Å². The smallest absolute Gasteiger partial charge is 0.253 e. The van der Waals surface area contributed by atoms with Crippen molar-refractivity contribution in [2.24, 2.45) is 0 Å². The Bertz CT molecular complexity index is 710. The summed E-state index contributed by atoms with van der Waals surface area (Å²) in [6.07, 6.45) is 5.10. The van der Waals surface area contributed by atoms with Gasteiger partial charge in [0.05, 0.1) is 11.0 Å². The number of hydrogen-bond acceptors (Lipinski definition) is 4. The van der Waals surface area contributed by atoms with Gasteiger partial charge in [-0.05, 0) is 50.3 Å². The molecule has 138 valence electrons. The van der Waals surface area contributed by atoms with Crippen molar-refractivity contribution in [1.82, 2.24) is 9.21 Å². The molecule has 1 atom stereocenters. The average Bonchev–Trinajstić information content (AvgIpc) is 3.06. The second-order valence-corrected chi connectivity index (χ2v) is 8.82. The molecular formula is C18H26N2O4S. The molecule has 0 saturated carbocycles. The molecule has 2 fully saturated rings. The molecule has 1 aromatic carbocycles. The molecule has 0 spiro atoms. The first-order valence-corrected chi connectivity index (χ1v) is 10.4. The number of amides is 1. The molecular weight excluding hydrogens is 340 g/mol. The molecule has 0 unspecified atom stereocenters. The lowest BCUT2D eigenvalue weighted by Crippen LogP contribution is -2.42. The van der Waals surface area contributed by atoms with E-state index in [2.05, 4.69) is 0 Å². The van der Waals surface area contributed by atoms with Crippen molar-refractivity contribution in [2.75, 3.05) is 33.3 Å². The zero-order valence-corrected chi connectivity index (χ0v) is 15.5. The highest BCUT2D eigenvalue weighted by Crippen LogP contribution is 2.21. The van der Waals surface area contributed by atoms with Crippen LogP contribution in [-0.4, -0.2) is 62.9 Å². The highest BCUT2D eigenvalue weighted by molar-refractivity contribution is 7.89. The van der Waals surface area contributed by atoms with Crippen LogP contribution in [0.15, 0.2) is 29.2 Å². The number of benzene rings is 1. The molecule has 6 nitrogen and oxygen atoms in total. The molecule has 2 aliphatic heterocycles. The zero-order chi connectivity index (χ0) is 17.9. The second-order valence-electron chi connectivity index (χ2n) is 6.78. The maximum atomic E-state index is 12.8. The minimum Gasteiger partial charge on any atom is -0.378 e. The zero-order valence-electron chi connectivity index (χ0n) is 14.7. The van der Waals surface area contributed by atoms with E-state index in [1.807, 2.05) is 0 Å². The van der Waals surface area contributed by atoms with E-state index < -0.39 is 10.0 Å². The summed E-state index contributed by atoms with van der Waals surface area (Å²) in [7, 11) is -1.99. The Hall–Kier alpha value is -1.44. The van der Waals surface area contributed by atoms with Gasteiger partial charge in [0, 0.05) is 38.9 Å². The van der Waals surface area contributed by atoms with Gasteiger partial charge in [0.2, 0.25) is 10.0 Å². The minimum atomic E-state index is -3.58. The van der Waals surface area contributed by atoms with Gasteiger partial charge in [0.25, 0.3) is 5.91 Å². The van der Waals surface area contributed by atoms with Gasteiger partial charge in [0.1, 0.15) is 0 Å². The highest BCUT2D eigenvalue weighted by atomic mass is 32.2. The normalized spacial score (nSPS) is 20.7. The lowest BCUT2D eigenvalue weighted by Gasteiger charge is -2.31. The van der Waals surface area contributed by atoms with Crippen molar-refractivity contribution in [3.05, 3.63) is 29.8 Å². The van der Waals surface area contributed by atoms with Crippen LogP contribution < -0.4 is 0 Å². The summed E-state index contributed by atoms with van der Waals surface area (Å²) in [4.78, 5) is 14.2. The van der Waals surface area contributed by atoms with Crippen LogP contribution in [0.1, 0.15) is 42.5 Å². The maximum Gasteiger partial charge on any atom is 0.253 e. The van der Waals surface area contributed by atoms with E-state index in [1.54, 1.807) is 30.1 Å². The molecule has 0 bridgehead atoms. The summed E-state index contributed by atoms with van der Waals surface area (Å²) in [5, 5.41) is 0. The molecule has 0 aliphatic carbocycles. The van der Waals surface area contributed by atoms with Gasteiger partial charge in [-0.3, -0.25) is 4.79 Å². The largest absolute Gasteiger partial charge is 0.378 e. The monoisotopic (exact) mass is 366 g/mol. The molecule has 2 saturated heterocycles. The third kappa shape index (κ3) is 4.22. The Morgan fingerprint density at radius 1 is 1.32 bits per heavy atom. The Balaban J connectivity index is 1.62. The number of hydrogen-bond donors (Lipinski definition) is 0. The first kappa shape index (κ1) is 18.4. The number of nitrogens with zero attached hydrogens (tertiary/aromatic N) is 2. The van der Waals surface area contributed by atoms with Gasteiger partial charge >= 0.3 is 0 Å². The van der Waals surface area contributed by atoms with Crippen molar-refractivity contribution >= 4 is 15.9 Å². The van der Waals surface area contributed by atoms with Crippen LogP contribution in [0.2, 0.25) is 0 Å². The van der Waals surface area contributed by atoms with Crippen molar-refractivity contribution in [1.29, 1.82) is 0 Å². The molecule has 1 amide bonds. The van der Waals surface area contributed by atoms with Gasteiger partial charge < -0.3 is 9.64 Å². The van der Waals surface area contributed by atoms with Crippen molar-refractivity contribution in [3.63, 3.8) is 0 Å². The molecule has 2 heterocycles. The third-order valence-corrected chi connectivity index (χ3v) is 6.81. The lowest BCUT2D eigenvalue weighted by molar-refractivity contribution is 0.0651. The molecule has 0 radical (unpaired) electrons. The second kappa shape index (κ2) is 7.85. The van der Waals surface area contributed by atoms with Gasteiger partial charge in [0.15, 0.2) is 0 Å². The van der Waals surface area contributed by atoms with Crippen LogP contribution in [0.25, 0.3) is 0 Å². The van der Waals surface area contributed by atoms with Crippen LogP contribution in [0.5, 0.6) is 0 Å². The maximum absolute atomic E-state index is 12.8. The summed E-state index contributed by atoms with van der Waals surface area (Å²) in [5.74, 6) is -0.0932. The number of likely N-dealkylation sites (tertiary alicyclic amines) is 1. The molecule has 0 N–H and O–H groups in total. The van der Waals surface area contributed by atoms with Crippen LogP contribution in [-0.2, 0) is 14.8 Å². The van der Waals surface area contributed by atoms with Gasteiger partial charge in [-0.2, -0.15) is 0 Å². The van der Waals surface area contributed by atoms with Crippen LogP contribution >= 0.6 is 0 Å². The summed E-state index contributed by atoms with van der Waals surface area (Å²) in [6.45, 7) is 2.76. The summed E-state index contributed by atoms with van der Waals surface area (Å²) >= 11 is 0. The third-order valence-electron chi connectivity index (χ3n) is 4.96. The standard InChI is InChI=1S/C18H26N2O4S/c1-19(10-3-7-16-8-4-13-24-16)25(22,23)17-9-2-6-15(14-17)18(21)20-11-5-12-20/h2,6,9,14,16H,3-5,7-8,10-13H2,1H3/t16-/m0/s1. The van der Waals surface area contributed by atoms with Crippen molar-refractivity contribution < 1.29 is 17.9 Å². The van der Waals surface area contributed by atoms with E-state index in [4.69, 9.17) is 4.74 Å². The molecule has 7 heteroatoms. The van der Waals surface area contributed by atoms with Gasteiger partial charge in [-0.1, -0.05) is 6.07 Å². The van der Waals surface area contributed by atoms with E-state index in [-0.39, 0.29) is 16.9 Å². The fourth-order valence-corrected chi connectivity index (χ4v) is 4.46. The number of ether oxygens (including phenoxy) is 1. The lowest BCUT2D eigenvalue weighted by atomic mass is 10.1. The molecule has 3 rings (SSSR count). The van der Waals surface area contributed by atoms with Crippen LogP contribution in [0.3, 0.4) is 0 Å². The number of sulfonamides is 1. The number of carbonyl (C=O) groups excluding carboxylic acids is 1. The van der Waals surface area contributed by atoms with Crippen LogP contribution in [0, 0.1) is 0 Å². The van der Waals surface area contributed by atoms with Crippen LogP contribution in [0.4, 0.5) is 0 Å². The van der Waals surface area contributed by atoms with Gasteiger partial charge in [-0.15, -0.1) is 0 Å². The molecule has 0 aromatic heterocycles. The van der Waals surface area contributed by atoms with E-state index in [1.165, 1.54) is 10.4 Å². The van der Waals surface area contributed by atoms with Gasteiger partial charge in [-0.25, -0.2) is 12.7 Å². The Labute approximate surface area is 149 Å². The average molecular weight is 366 g/mol. The molecule has 2 aliphatic rings. The fraction of sp³-hybridized carbons (Fsp3) is 0.611. The predicted molar refractivity (Wildman–Crippen MR) is 95.0 cm³/mol. The summed E-state index contributed by atoms with van der Waals surface area (Å²) in [6, 6.07) is 6.36. The van der Waals surface area contributed by atoms with E-state index in [9.17, 15) is 13.2 Å². The topological polar surface area (TPSA) is 66.9 Å². The quantitative estimate of drug-likeness (QED) is 0.741. The highest BCUT2D eigenvalue weighted by Gasteiger charge is 2.25. The summed E-state index contributed by atoms with van der Waals surface area (Å²) in [5.41, 5.74) is 0.438. The van der Waals surface area contributed by atoms with E-state index >= 15 is 0 Å². The van der Waals surface area contributed by atoms with Crippen molar-refractivity contribution in [3.8, 4) is 0 Å². The van der Waals surface area contributed by atoms with E-state index in [0.717, 1.165) is 51.8 Å². The first-order chi connectivity index (χ1) is 12.0. The molecule has 25 heavy (non-hydrogen) atoms. The number of rotatable bonds is 7. The minimum absolute atomic E-state index is 0.0932. The summed E-state index contributed by atoms with van der Waals surface area (Å²) < 4.78 is 32.5. The SMILES string of the molecule is CN(CCC[C@H]1CCCO1)S(=O)(=O)c1cccc(C(=O)N2CCC2)c1. The first-order valence-electron chi connectivity index (χ1n) is 8.96. The predicted octanol–water partition coefficient (Wildman–Crippen LogP) is 2.11. The number of carbonyl (C=O) groups is 1. The Morgan fingerprint density at radius 3 is 2.76 bits per heavy atom. The fourth-order valence-electron chi connectivity index (χ4n) is 3.21.